The van der Waals surface area contributed by atoms with Crippen LogP contribution in [0.25, 0.3) is 16.6 Å². The molecule has 0 aliphatic rings. The third-order valence-corrected chi connectivity index (χ3v) is 5.11. The second kappa shape index (κ2) is 8.82. The van der Waals surface area contributed by atoms with Crippen molar-refractivity contribution in [3.8, 4) is 5.69 Å². The van der Waals surface area contributed by atoms with Crippen molar-refractivity contribution in [2.75, 3.05) is 0 Å². The molecule has 4 aromatic rings. The molecule has 2 heterocycles. The lowest BCUT2D eigenvalue weighted by Crippen LogP contribution is -1.98. The standard InChI is InChI=1S/C13H10N2.C9H12O3S/c1-2-6-13-11(4-1)7-9-15(13)12-5-3-8-14-10-12;1-2-4-8-5-3-6-9(7-8)13(10,11)12/h1-10H;3,5-7H,2,4H2,1H3,(H,10,11,12). The van der Waals surface area contributed by atoms with Crippen molar-refractivity contribution < 1.29 is 13.0 Å². The first kappa shape index (κ1) is 19.8. The summed E-state index contributed by atoms with van der Waals surface area (Å²) in [5.41, 5.74) is 3.24. The monoisotopic (exact) mass is 394 g/mol. The fourth-order valence-corrected chi connectivity index (χ4v) is 3.51. The van der Waals surface area contributed by atoms with E-state index < -0.39 is 10.1 Å². The van der Waals surface area contributed by atoms with Crippen molar-refractivity contribution >= 4 is 21.0 Å². The van der Waals surface area contributed by atoms with Crippen LogP contribution < -0.4 is 0 Å². The lowest BCUT2D eigenvalue weighted by atomic mass is 10.1. The molecular formula is C22H22N2O3S. The maximum atomic E-state index is 10.7. The molecule has 0 atom stereocenters. The zero-order valence-electron chi connectivity index (χ0n) is 15.6. The number of fused-ring (bicyclic) bond motifs is 1. The molecule has 4 rings (SSSR count). The number of nitrogens with zero attached hydrogens (tertiary/aromatic N) is 2. The first-order chi connectivity index (χ1) is 13.5. The molecule has 0 spiro atoms. The minimum absolute atomic E-state index is 0.0292. The predicted molar refractivity (Wildman–Crippen MR) is 111 cm³/mol. The first-order valence-corrected chi connectivity index (χ1v) is 10.5. The number of hydrogen-bond acceptors (Lipinski definition) is 3. The van der Waals surface area contributed by atoms with Gasteiger partial charge in [0.05, 0.1) is 22.3 Å². The number of benzene rings is 2. The van der Waals surface area contributed by atoms with E-state index in [4.69, 9.17) is 4.55 Å². The van der Waals surface area contributed by atoms with E-state index in [9.17, 15) is 8.42 Å². The van der Waals surface area contributed by atoms with E-state index in [-0.39, 0.29) is 4.90 Å². The largest absolute Gasteiger partial charge is 0.315 e. The molecule has 28 heavy (non-hydrogen) atoms. The summed E-state index contributed by atoms with van der Waals surface area (Å²) in [7, 11) is -4.04. The fourth-order valence-electron chi connectivity index (χ4n) is 2.95. The molecule has 0 bridgehead atoms. The molecule has 6 heteroatoms. The van der Waals surface area contributed by atoms with Crippen molar-refractivity contribution in [1.82, 2.24) is 9.55 Å². The van der Waals surface area contributed by atoms with Crippen LogP contribution in [0.2, 0.25) is 0 Å². The van der Waals surface area contributed by atoms with E-state index in [0.717, 1.165) is 24.1 Å². The first-order valence-electron chi connectivity index (χ1n) is 9.02. The summed E-state index contributed by atoms with van der Waals surface area (Å²) < 4.78 is 32.4. The minimum atomic E-state index is -4.04. The highest BCUT2D eigenvalue weighted by atomic mass is 32.2. The molecule has 0 saturated carbocycles. The molecule has 0 aliphatic heterocycles. The fraction of sp³-hybridized carbons (Fsp3) is 0.136. The van der Waals surface area contributed by atoms with Crippen LogP contribution in [0.5, 0.6) is 0 Å². The summed E-state index contributed by atoms with van der Waals surface area (Å²) in [5.74, 6) is 0. The van der Waals surface area contributed by atoms with Gasteiger partial charge in [0.15, 0.2) is 0 Å². The molecule has 2 aromatic carbocycles. The zero-order valence-corrected chi connectivity index (χ0v) is 16.4. The maximum absolute atomic E-state index is 10.7. The lowest BCUT2D eigenvalue weighted by Gasteiger charge is -2.03. The van der Waals surface area contributed by atoms with Crippen LogP contribution in [0.4, 0.5) is 0 Å². The van der Waals surface area contributed by atoms with E-state index in [1.165, 1.54) is 23.0 Å². The number of pyridine rings is 1. The van der Waals surface area contributed by atoms with Gasteiger partial charge in [-0.3, -0.25) is 9.54 Å². The summed E-state index contributed by atoms with van der Waals surface area (Å²) >= 11 is 0. The van der Waals surface area contributed by atoms with Crippen LogP contribution in [0.1, 0.15) is 18.9 Å². The average Bonchev–Trinajstić information content (AvgIpc) is 3.13. The van der Waals surface area contributed by atoms with Crippen molar-refractivity contribution in [2.45, 2.75) is 24.7 Å². The van der Waals surface area contributed by atoms with Crippen molar-refractivity contribution in [1.29, 1.82) is 0 Å². The predicted octanol–water partition coefficient (Wildman–Crippen LogP) is 4.91. The molecular weight excluding hydrogens is 372 g/mol. The molecule has 2 aromatic heterocycles. The van der Waals surface area contributed by atoms with Gasteiger partial charge in [-0.05, 0) is 53.8 Å². The molecule has 0 aliphatic carbocycles. The van der Waals surface area contributed by atoms with Crippen molar-refractivity contribution in [2.24, 2.45) is 0 Å². The second-order valence-electron chi connectivity index (χ2n) is 6.33. The van der Waals surface area contributed by atoms with Crippen molar-refractivity contribution in [3.05, 3.63) is 90.9 Å². The van der Waals surface area contributed by atoms with E-state index in [1.807, 2.05) is 25.3 Å². The highest BCUT2D eigenvalue weighted by molar-refractivity contribution is 7.85. The lowest BCUT2D eigenvalue weighted by molar-refractivity contribution is 0.483. The number of aryl methyl sites for hydroxylation is 1. The topological polar surface area (TPSA) is 72.2 Å². The van der Waals surface area contributed by atoms with E-state index >= 15 is 0 Å². The smallest absolute Gasteiger partial charge is 0.294 e. The third-order valence-electron chi connectivity index (χ3n) is 4.26. The van der Waals surface area contributed by atoms with Gasteiger partial charge in [-0.1, -0.05) is 43.7 Å². The normalized spacial score (nSPS) is 11.1. The van der Waals surface area contributed by atoms with E-state index in [0.29, 0.717) is 0 Å². The van der Waals surface area contributed by atoms with Crippen LogP contribution in [-0.2, 0) is 16.5 Å². The summed E-state index contributed by atoms with van der Waals surface area (Å²) in [4.78, 5) is 4.10. The van der Waals surface area contributed by atoms with E-state index in [2.05, 4.69) is 52.1 Å². The van der Waals surface area contributed by atoms with Crippen LogP contribution in [0.3, 0.4) is 0 Å². The zero-order chi connectivity index (χ0) is 20.0. The molecule has 5 nitrogen and oxygen atoms in total. The summed E-state index contributed by atoms with van der Waals surface area (Å²) in [6, 6.07) is 20.8. The van der Waals surface area contributed by atoms with E-state index in [1.54, 1.807) is 12.3 Å². The Balaban J connectivity index is 0.000000163. The Morgan fingerprint density at radius 2 is 1.82 bits per heavy atom. The van der Waals surface area contributed by atoms with Crippen LogP contribution in [0.15, 0.2) is 90.2 Å². The van der Waals surface area contributed by atoms with Crippen LogP contribution in [0, 0.1) is 0 Å². The van der Waals surface area contributed by atoms with Gasteiger partial charge in [-0.15, -0.1) is 0 Å². The van der Waals surface area contributed by atoms with Gasteiger partial charge in [0.2, 0.25) is 0 Å². The SMILES string of the molecule is CCCc1cccc(S(=O)(=O)O)c1.c1cncc(-n2ccc3ccccc32)c1. The molecule has 1 N–H and O–H groups in total. The Hall–Kier alpha value is -2.96. The second-order valence-corrected chi connectivity index (χ2v) is 7.75. The number of aromatic nitrogens is 2. The third kappa shape index (κ3) is 4.85. The molecule has 0 unspecified atom stereocenters. The molecule has 0 saturated heterocycles. The van der Waals surface area contributed by atoms with Gasteiger partial charge >= 0.3 is 0 Å². The Morgan fingerprint density at radius 1 is 1.00 bits per heavy atom. The van der Waals surface area contributed by atoms with Gasteiger partial charge in [0, 0.05) is 12.4 Å². The Bertz CT molecular complexity index is 1150. The summed E-state index contributed by atoms with van der Waals surface area (Å²) in [6.07, 6.45) is 7.50. The maximum Gasteiger partial charge on any atom is 0.294 e. The quantitative estimate of drug-likeness (QED) is 0.499. The van der Waals surface area contributed by atoms with Crippen molar-refractivity contribution in [3.63, 3.8) is 0 Å². The molecule has 0 amide bonds. The Morgan fingerprint density at radius 3 is 2.54 bits per heavy atom. The molecule has 144 valence electrons. The Labute approximate surface area is 165 Å². The highest BCUT2D eigenvalue weighted by Crippen LogP contribution is 2.19. The summed E-state index contributed by atoms with van der Waals surface area (Å²) in [6.45, 7) is 2.01. The van der Waals surface area contributed by atoms with Crippen LogP contribution >= 0.6 is 0 Å². The average molecular weight is 394 g/mol. The Kier molecular flexibility index (Phi) is 6.23. The number of rotatable bonds is 4. The highest BCUT2D eigenvalue weighted by Gasteiger charge is 2.08. The summed E-state index contributed by atoms with van der Waals surface area (Å²) in [5, 5.41) is 1.25. The van der Waals surface area contributed by atoms with Gasteiger partial charge in [-0.2, -0.15) is 8.42 Å². The van der Waals surface area contributed by atoms with Crippen LogP contribution in [-0.4, -0.2) is 22.5 Å². The minimum Gasteiger partial charge on any atom is -0.315 e. The van der Waals surface area contributed by atoms with Gasteiger partial charge < -0.3 is 4.57 Å². The number of hydrogen-bond donors (Lipinski definition) is 1. The molecule has 0 fully saturated rings. The van der Waals surface area contributed by atoms with Gasteiger partial charge in [0.1, 0.15) is 0 Å². The number of para-hydroxylation sites is 1. The molecule has 0 radical (unpaired) electrons. The van der Waals surface area contributed by atoms with Gasteiger partial charge in [0.25, 0.3) is 10.1 Å². The van der Waals surface area contributed by atoms with Gasteiger partial charge in [-0.25, -0.2) is 0 Å².